The molecule has 10 nitrogen and oxygen atoms in total. The van der Waals surface area contributed by atoms with E-state index in [2.05, 4.69) is 6.92 Å². The van der Waals surface area contributed by atoms with Crippen LogP contribution in [0.15, 0.2) is 70.6 Å². The number of carbonyl (C=O) groups excluding carboxylic acids is 4. The number of methoxy groups -OCH3 is 1. The lowest BCUT2D eigenvalue weighted by Gasteiger charge is -2.66. The van der Waals surface area contributed by atoms with Crippen LogP contribution in [0, 0.1) is 28.1 Å². The maximum atomic E-state index is 13.5. The SMILES string of the molecule is COC(=O)C[C@@H]1[C@]2(C)C3=C(C)[C@H](c4ccoc4)C[C@H]3O[C@@H]2[C@H](OC(C)=O)[C@H]2[C@](C)(C=O)[C@H](O)C[C@H](OC(=O)/C=C\c3ccccc3)[C@]12C. The lowest BCUT2D eigenvalue weighted by molar-refractivity contribution is -0.279. The van der Waals surface area contributed by atoms with E-state index in [1.165, 1.54) is 20.1 Å². The molecule has 10 heteroatoms. The number of hydrogen-bond acceptors (Lipinski definition) is 10. The van der Waals surface area contributed by atoms with Gasteiger partial charge in [0, 0.05) is 48.5 Å². The molecule has 0 radical (unpaired) electrons. The zero-order valence-corrected chi connectivity index (χ0v) is 28.2. The Morgan fingerprint density at radius 1 is 1.06 bits per heavy atom. The number of esters is 3. The molecule has 0 unspecified atom stereocenters. The molecule has 48 heavy (non-hydrogen) atoms. The van der Waals surface area contributed by atoms with Crippen molar-refractivity contribution in [1.29, 1.82) is 0 Å². The van der Waals surface area contributed by atoms with E-state index in [1.807, 2.05) is 50.2 Å². The minimum Gasteiger partial charge on any atom is -0.472 e. The summed E-state index contributed by atoms with van der Waals surface area (Å²) in [6.45, 7) is 8.91. The zero-order chi connectivity index (χ0) is 34.6. The molecule has 2 heterocycles. The number of fused-ring (bicyclic) bond motifs is 4. The Bertz CT molecular complexity index is 1630. The molecule has 1 aromatic carbocycles. The number of allylic oxidation sites excluding steroid dienone is 1. The third-order valence-electron chi connectivity index (χ3n) is 12.1. The van der Waals surface area contributed by atoms with E-state index in [0.717, 1.165) is 22.3 Å². The van der Waals surface area contributed by atoms with Gasteiger partial charge in [0.05, 0.1) is 37.3 Å². The van der Waals surface area contributed by atoms with E-state index in [0.29, 0.717) is 12.7 Å². The van der Waals surface area contributed by atoms with Gasteiger partial charge in [0.25, 0.3) is 0 Å². The summed E-state index contributed by atoms with van der Waals surface area (Å²) in [6.07, 6.45) is 3.09. The van der Waals surface area contributed by atoms with Gasteiger partial charge in [-0.15, -0.1) is 0 Å². The van der Waals surface area contributed by atoms with Crippen molar-refractivity contribution in [2.75, 3.05) is 7.11 Å². The highest BCUT2D eigenvalue weighted by molar-refractivity contribution is 5.87. The normalized spacial score (nSPS) is 38.6. The number of ether oxygens (including phenoxy) is 4. The molecular formula is C38H44O10. The topological polar surface area (TPSA) is 139 Å². The molecule has 4 aliphatic rings. The van der Waals surface area contributed by atoms with Crippen LogP contribution in [0.5, 0.6) is 0 Å². The van der Waals surface area contributed by atoms with Gasteiger partial charge in [-0.25, -0.2) is 4.79 Å². The molecule has 3 fully saturated rings. The molecule has 2 saturated carbocycles. The predicted molar refractivity (Wildman–Crippen MR) is 173 cm³/mol. The van der Waals surface area contributed by atoms with E-state index >= 15 is 0 Å². The van der Waals surface area contributed by atoms with E-state index in [9.17, 15) is 24.3 Å². The molecule has 6 rings (SSSR count). The highest BCUT2D eigenvalue weighted by Crippen LogP contribution is 2.72. The van der Waals surface area contributed by atoms with E-state index in [4.69, 9.17) is 23.4 Å². The Morgan fingerprint density at radius 2 is 1.79 bits per heavy atom. The molecule has 1 aliphatic heterocycles. The van der Waals surface area contributed by atoms with E-state index in [-0.39, 0.29) is 24.9 Å². The molecule has 1 aromatic heterocycles. The summed E-state index contributed by atoms with van der Waals surface area (Å²) >= 11 is 0. The van der Waals surface area contributed by atoms with E-state index in [1.54, 1.807) is 25.5 Å². The summed E-state index contributed by atoms with van der Waals surface area (Å²) < 4.78 is 29.9. The van der Waals surface area contributed by atoms with Crippen LogP contribution in [-0.2, 0) is 38.1 Å². The van der Waals surface area contributed by atoms with Gasteiger partial charge in [-0.1, -0.05) is 49.8 Å². The standard InChI is InChI=1S/C38H44O10/c1-21-25(24-14-15-45-19-24)16-26-32(21)38(5)27(17-31(43)44-6)37(4)29(48-30(42)13-12-23-10-8-7-9-11-23)18-28(41)36(3,20-39)34(37)33(35(38)47-26)46-22(2)40/h7-15,19-20,25-29,33-35,41H,16-18H2,1-6H3/b13-12-/t25-,26-,27+,28-,29+,33-,34+,35-,36-,37+,38-/m1/s1. The smallest absolute Gasteiger partial charge is 0.331 e. The van der Waals surface area contributed by atoms with Crippen molar-refractivity contribution in [2.24, 2.45) is 28.1 Å². The number of rotatable bonds is 8. The quantitative estimate of drug-likeness (QED) is 0.132. The van der Waals surface area contributed by atoms with Crippen molar-refractivity contribution in [3.63, 3.8) is 0 Å². The molecule has 2 aromatic rings. The minimum atomic E-state index is -1.45. The third-order valence-corrected chi connectivity index (χ3v) is 12.1. The average Bonchev–Trinajstić information content (AvgIpc) is 3.77. The Balaban J connectivity index is 1.54. The third kappa shape index (κ3) is 5.15. The van der Waals surface area contributed by atoms with E-state index < -0.39 is 70.4 Å². The first kappa shape index (κ1) is 33.9. The Kier molecular flexibility index (Phi) is 8.79. The summed E-state index contributed by atoms with van der Waals surface area (Å²) in [5.41, 5.74) is 0.304. The second-order valence-corrected chi connectivity index (χ2v) is 14.4. The molecule has 1 saturated heterocycles. The average molecular weight is 661 g/mol. The van der Waals surface area contributed by atoms with Gasteiger partial charge in [0.2, 0.25) is 0 Å². The molecule has 1 N–H and O–H groups in total. The number of carbonyl (C=O) groups is 4. The fraction of sp³-hybridized carbons (Fsp3) is 0.526. The second kappa shape index (κ2) is 12.5. The fourth-order valence-electron chi connectivity index (χ4n) is 9.98. The largest absolute Gasteiger partial charge is 0.472 e. The number of furan rings is 1. The van der Waals surface area contributed by atoms with Crippen LogP contribution in [0.25, 0.3) is 6.08 Å². The molecule has 0 amide bonds. The Labute approximate surface area is 280 Å². The van der Waals surface area contributed by atoms with Crippen molar-refractivity contribution in [1.82, 2.24) is 0 Å². The van der Waals surface area contributed by atoms with Crippen LogP contribution in [0.4, 0.5) is 0 Å². The van der Waals surface area contributed by atoms with Crippen LogP contribution < -0.4 is 0 Å². The van der Waals surface area contributed by atoms with Gasteiger partial charge in [0.1, 0.15) is 24.6 Å². The second-order valence-electron chi connectivity index (χ2n) is 14.4. The molecular weight excluding hydrogens is 616 g/mol. The molecule has 0 spiro atoms. The zero-order valence-electron chi connectivity index (χ0n) is 28.2. The van der Waals surface area contributed by atoms with Crippen molar-refractivity contribution < 1.29 is 47.6 Å². The van der Waals surface area contributed by atoms with Crippen molar-refractivity contribution in [2.45, 2.75) is 90.3 Å². The van der Waals surface area contributed by atoms with Gasteiger partial charge < -0.3 is 33.3 Å². The summed E-state index contributed by atoms with van der Waals surface area (Å²) in [6, 6.07) is 11.2. The summed E-state index contributed by atoms with van der Waals surface area (Å²) in [4.78, 5) is 52.9. The molecule has 3 aliphatic carbocycles. The van der Waals surface area contributed by atoms with Crippen LogP contribution in [-0.4, -0.2) is 66.9 Å². The number of hydrogen-bond donors (Lipinski definition) is 1. The van der Waals surface area contributed by atoms with Crippen LogP contribution in [0.1, 0.15) is 70.9 Å². The number of aliphatic hydroxyl groups is 1. The van der Waals surface area contributed by atoms with Gasteiger partial charge in [-0.2, -0.15) is 0 Å². The number of aldehydes is 1. The maximum absolute atomic E-state index is 13.5. The Hall–Kier alpha value is -4.02. The van der Waals surface area contributed by atoms with Gasteiger partial charge in [-0.05, 0) is 55.0 Å². The maximum Gasteiger partial charge on any atom is 0.331 e. The first-order valence-electron chi connectivity index (χ1n) is 16.5. The van der Waals surface area contributed by atoms with Crippen molar-refractivity contribution in [3.05, 3.63) is 77.3 Å². The monoisotopic (exact) mass is 660 g/mol. The fourth-order valence-corrected chi connectivity index (χ4v) is 9.98. The first-order valence-corrected chi connectivity index (χ1v) is 16.5. The minimum absolute atomic E-state index is 0.00294. The van der Waals surface area contributed by atoms with Crippen LogP contribution >= 0.6 is 0 Å². The summed E-state index contributed by atoms with van der Waals surface area (Å²) in [5.74, 6) is -3.22. The van der Waals surface area contributed by atoms with Gasteiger partial charge >= 0.3 is 17.9 Å². The lowest BCUT2D eigenvalue weighted by atomic mass is 9.39. The highest BCUT2D eigenvalue weighted by atomic mass is 16.6. The van der Waals surface area contributed by atoms with Gasteiger partial charge in [-0.3, -0.25) is 9.59 Å². The van der Waals surface area contributed by atoms with Crippen LogP contribution in [0.3, 0.4) is 0 Å². The molecule has 0 bridgehead atoms. The highest BCUT2D eigenvalue weighted by Gasteiger charge is 2.76. The first-order chi connectivity index (χ1) is 22.8. The van der Waals surface area contributed by atoms with Crippen LogP contribution in [0.2, 0.25) is 0 Å². The molecule has 11 atom stereocenters. The van der Waals surface area contributed by atoms with Crippen molar-refractivity contribution in [3.8, 4) is 0 Å². The number of benzene rings is 1. The van der Waals surface area contributed by atoms with Gasteiger partial charge in [0.15, 0.2) is 0 Å². The predicted octanol–water partition coefficient (Wildman–Crippen LogP) is 5.20. The van der Waals surface area contributed by atoms with Crippen molar-refractivity contribution >= 4 is 30.3 Å². The number of aliphatic hydroxyl groups excluding tert-OH is 1. The lowest BCUT2D eigenvalue weighted by Crippen LogP contribution is -2.73. The molecule has 256 valence electrons. The Morgan fingerprint density at radius 3 is 2.42 bits per heavy atom. The summed E-state index contributed by atoms with van der Waals surface area (Å²) in [7, 11) is 1.32. The summed E-state index contributed by atoms with van der Waals surface area (Å²) in [5, 5.41) is 11.7.